The maximum atomic E-state index is 12.5. The van der Waals surface area contributed by atoms with Crippen LogP contribution < -0.4 is 10.6 Å². The van der Waals surface area contributed by atoms with Crippen molar-refractivity contribution in [3.05, 3.63) is 65.4 Å². The molecule has 1 unspecified atom stereocenters. The summed E-state index contributed by atoms with van der Waals surface area (Å²) in [5.74, 6) is 0.721. The zero-order valence-electron chi connectivity index (χ0n) is 15.7. The summed E-state index contributed by atoms with van der Waals surface area (Å²) >= 11 is 7.58. The zero-order valence-corrected chi connectivity index (χ0v) is 17.3. The number of rotatable bonds is 8. The first kappa shape index (κ1) is 20.2. The number of benzene rings is 2. The number of carbonyl (C=O) groups is 1. The van der Waals surface area contributed by atoms with E-state index in [1.807, 2.05) is 73.0 Å². The Morgan fingerprint density at radius 2 is 1.86 bits per heavy atom. The highest BCUT2D eigenvalue weighted by atomic mass is 35.5. The zero-order chi connectivity index (χ0) is 19.9. The summed E-state index contributed by atoms with van der Waals surface area (Å²) in [5, 5.41) is 15.8. The molecule has 0 aliphatic heterocycles. The van der Waals surface area contributed by atoms with Crippen molar-refractivity contribution in [1.82, 2.24) is 14.8 Å². The van der Waals surface area contributed by atoms with E-state index >= 15 is 0 Å². The van der Waals surface area contributed by atoms with Crippen LogP contribution in [0.1, 0.15) is 19.7 Å². The van der Waals surface area contributed by atoms with E-state index in [1.165, 1.54) is 11.8 Å². The fourth-order valence-electron chi connectivity index (χ4n) is 2.61. The van der Waals surface area contributed by atoms with Gasteiger partial charge in [-0.1, -0.05) is 53.7 Å². The van der Waals surface area contributed by atoms with Gasteiger partial charge in [-0.25, -0.2) is 0 Å². The van der Waals surface area contributed by atoms with E-state index in [0.29, 0.717) is 23.3 Å². The van der Waals surface area contributed by atoms with Crippen molar-refractivity contribution in [2.24, 2.45) is 0 Å². The average molecular weight is 416 g/mol. The monoisotopic (exact) mass is 415 g/mol. The van der Waals surface area contributed by atoms with Crippen molar-refractivity contribution in [1.29, 1.82) is 0 Å². The van der Waals surface area contributed by atoms with Gasteiger partial charge in [0.05, 0.1) is 22.5 Å². The largest absolute Gasteiger partial charge is 0.377 e. The number of nitrogens with one attached hydrogen (secondary N) is 2. The third-order valence-corrected chi connectivity index (χ3v) is 5.52. The van der Waals surface area contributed by atoms with Gasteiger partial charge in [-0.3, -0.25) is 4.79 Å². The molecular weight excluding hydrogens is 394 g/mol. The minimum Gasteiger partial charge on any atom is -0.377 e. The molecule has 8 heteroatoms. The number of para-hydroxylation sites is 2. The maximum absolute atomic E-state index is 12.5. The highest BCUT2D eigenvalue weighted by Crippen LogP contribution is 2.25. The SMILES string of the molecule is CCn1c(CNc2ccccc2Cl)nnc1SC(C)C(=O)Nc1ccccc1. The Bertz CT molecular complexity index is 931. The van der Waals surface area contributed by atoms with E-state index in [0.717, 1.165) is 17.2 Å². The van der Waals surface area contributed by atoms with Crippen LogP contribution in [0.5, 0.6) is 0 Å². The molecule has 3 aromatic rings. The Morgan fingerprint density at radius 3 is 2.57 bits per heavy atom. The fourth-order valence-corrected chi connectivity index (χ4v) is 3.74. The van der Waals surface area contributed by atoms with Crippen molar-refractivity contribution in [2.45, 2.75) is 37.3 Å². The van der Waals surface area contributed by atoms with Gasteiger partial charge >= 0.3 is 0 Å². The number of amides is 1. The number of aromatic nitrogens is 3. The van der Waals surface area contributed by atoms with Crippen LogP contribution in [0, 0.1) is 0 Å². The number of hydrogen-bond donors (Lipinski definition) is 2. The van der Waals surface area contributed by atoms with Gasteiger partial charge in [0, 0.05) is 12.2 Å². The quantitative estimate of drug-likeness (QED) is 0.522. The molecule has 2 aromatic carbocycles. The average Bonchev–Trinajstić information content (AvgIpc) is 3.09. The molecule has 0 spiro atoms. The number of carbonyl (C=O) groups excluding carboxylic acids is 1. The molecule has 0 aliphatic rings. The third-order valence-electron chi connectivity index (χ3n) is 4.11. The highest BCUT2D eigenvalue weighted by Gasteiger charge is 2.19. The van der Waals surface area contributed by atoms with Crippen molar-refractivity contribution in [3.8, 4) is 0 Å². The number of anilines is 2. The molecule has 2 N–H and O–H groups in total. The molecule has 1 atom stereocenters. The normalized spacial score (nSPS) is 11.8. The highest BCUT2D eigenvalue weighted by molar-refractivity contribution is 8.00. The Morgan fingerprint density at radius 1 is 1.14 bits per heavy atom. The van der Waals surface area contributed by atoms with E-state index in [9.17, 15) is 4.79 Å². The lowest BCUT2D eigenvalue weighted by Crippen LogP contribution is -2.23. The van der Waals surface area contributed by atoms with Crippen LogP contribution in [0.25, 0.3) is 0 Å². The molecule has 3 rings (SSSR count). The van der Waals surface area contributed by atoms with Gasteiger partial charge < -0.3 is 15.2 Å². The number of hydrogen-bond acceptors (Lipinski definition) is 5. The van der Waals surface area contributed by atoms with Gasteiger partial charge in [-0.2, -0.15) is 0 Å². The first-order valence-electron chi connectivity index (χ1n) is 9.01. The van der Waals surface area contributed by atoms with Crippen LogP contribution in [0.4, 0.5) is 11.4 Å². The molecular formula is C20H22ClN5OS. The summed E-state index contributed by atoms with van der Waals surface area (Å²) in [4.78, 5) is 12.5. The van der Waals surface area contributed by atoms with Crippen LogP contribution in [-0.4, -0.2) is 25.9 Å². The van der Waals surface area contributed by atoms with E-state index in [1.54, 1.807) is 0 Å². The van der Waals surface area contributed by atoms with Gasteiger partial charge in [0.2, 0.25) is 5.91 Å². The second-order valence-electron chi connectivity index (χ2n) is 6.09. The molecule has 0 bridgehead atoms. The van der Waals surface area contributed by atoms with Crippen LogP contribution in [0.15, 0.2) is 59.8 Å². The molecule has 1 aromatic heterocycles. The van der Waals surface area contributed by atoms with Gasteiger partial charge in [-0.05, 0) is 38.1 Å². The maximum Gasteiger partial charge on any atom is 0.237 e. The fraction of sp³-hybridized carbons (Fsp3) is 0.250. The van der Waals surface area contributed by atoms with Gasteiger partial charge in [-0.15, -0.1) is 10.2 Å². The van der Waals surface area contributed by atoms with Crippen LogP contribution >= 0.6 is 23.4 Å². The minimum absolute atomic E-state index is 0.0717. The molecule has 1 heterocycles. The molecule has 0 saturated heterocycles. The first-order valence-corrected chi connectivity index (χ1v) is 10.3. The summed E-state index contributed by atoms with van der Waals surface area (Å²) < 4.78 is 2.00. The number of thioether (sulfide) groups is 1. The van der Waals surface area contributed by atoms with Gasteiger partial charge in [0.1, 0.15) is 0 Å². The lowest BCUT2D eigenvalue weighted by Gasteiger charge is -2.13. The molecule has 0 fully saturated rings. The molecule has 0 saturated carbocycles. The van der Waals surface area contributed by atoms with Crippen molar-refractivity contribution < 1.29 is 4.79 Å². The van der Waals surface area contributed by atoms with E-state index in [4.69, 9.17) is 11.6 Å². The molecule has 0 aliphatic carbocycles. The summed E-state index contributed by atoms with van der Waals surface area (Å²) in [5.41, 5.74) is 1.63. The predicted octanol–water partition coefficient (Wildman–Crippen LogP) is 4.68. The number of halogens is 1. The van der Waals surface area contributed by atoms with Crippen molar-refractivity contribution >= 4 is 40.6 Å². The second-order valence-corrected chi connectivity index (χ2v) is 7.81. The van der Waals surface area contributed by atoms with Crippen LogP contribution in [0.3, 0.4) is 0 Å². The molecule has 0 radical (unpaired) electrons. The lowest BCUT2D eigenvalue weighted by atomic mass is 10.3. The first-order chi connectivity index (χ1) is 13.6. The molecule has 6 nitrogen and oxygen atoms in total. The van der Waals surface area contributed by atoms with Crippen molar-refractivity contribution in [3.63, 3.8) is 0 Å². The standard InChI is InChI=1S/C20H22ClN5OS/c1-3-26-18(13-22-17-12-8-7-11-16(17)21)24-25-20(26)28-14(2)19(27)23-15-9-5-4-6-10-15/h4-12,14,22H,3,13H2,1-2H3,(H,23,27). The minimum atomic E-state index is -0.306. The second kappa shape index (κ2) is 9.61. The molecule has 146 valence electrons. The van der Waals surface area contributed by atoms with Crippen LogP contribution in [-0.2, 0) is 17.9 Å². The molecule has 1 amide bonds. The summed E-state index contributed by atoms with van der Waals surface area (Å²) in [6.07, 6.45) is 0. The number of nitrogens with zero attached hydrogens (tertiary/aromatic N) is 3. The smallest absolute Gasteiger partial charge is 0.237 e. The Hall–Kier alpha value is -2.51. The molecule has 28 heavy (non-hydrogen) atoms. The summed E-state index contributed by atoms with van der Waals surface area (Å²) in [7, 11) is 0. The summed E-state index contributed by atoms with van der Waals surface area (Å²) in [6, 6.07) is 17.0. The van der Waals surface area contributed by atoms with Gasteiger partial charge in [0.25, 0.3) is 0 Å². The Balaban J connectivity index is 1.64. The predicted molar refractivity (Wildman–Crippen MR) is 115 cm³/mol. The van der Waals surface area contributed by atoms with Gasteiger partial charge in [0.15, 0.2) is 11.0 Å². The topological polar surface area (TPSA) is 71.8 Å². The van der Waals surface area contributed by atoms with Crippen LogP contribution in [0.2, 0.25) is 5.02 Å². The van der Waals surface area contributed by atoms with E-state index in [2.05, 4.69) is 20.8 Å². The lowest BCUT2D eigenvalue weighted by molar-refractivity contribution is -0.115. The summed E-state index contributed by atoms with van der Waals surface area (Å²) in [6.45, 7) is 5.10. The van der Waals surface area contributed by atoms with Crippen molar-refractivity contribution in [2.75, 3.05) is 10.6 Å². The Labute approximate surface area is 173 Å². The van der Waals surface area contributed by atoms with E-state index in [-0.39, 0.29) is 11.2 Å². The van der Waals surface area contributed by atoms with E-state index < -0.39 is 0 Å². The third kappa shape index (κ3) is 5.05. The Kier molecular flexibility index (Phi) is 6.95.